The van der Waals surface area contributed by atoms with Gasteiger partial charge in [0, 0.05) is 6.42 Å². The van der Waals surface area contributed by atoms with Gasteiger partial charge < -0.3 is 21.1 Å². The first kappa shape index (κ1) is 20.1. The van der Waals surface area contributed by atoms with Gasteiger partial charge in [-0.1, -0.05) is 36.8 Å². The molecular weight excluding hydrogens is 333 g/mol. The van der Waals surface area contributed by atoms with Crippen LogP contribution in [0.2, 0.25) is 0 Å². The highest BCUT2D eigenvalue weighted by Crippen LogP contribution is 2.07. The second kappa shape index (κ2) is 10.1. The number of hydrogen-bond acceptors (Lipinski definition) is 6. The Balaban J connectivity index is 1.93. The van der Waals surface area contributed by atoms with Crippen LogP contribution in [0.4, 0.5) is 0 Å². The molecule has 0 aliphatic carbocycles. The number of amides is 1. The molecule has 0 aliphatic heterocycles. The zero-order chi connectivity index (χ0) is 18.9. The molecular formula is C17H26BN5O3. The number of aromatic nitrogens is 3. The van der Waals surface area contributed by atoms with E-state index in [1.54, 1.807) is 6.92 Å². The Morgan fingerprint density at radius 1 is 1.31 bits per heavy atom. The highest BCUT2D eigenvalue weighted by Gasteiger charge is 2.25. The maximum Gasteiger partial charge on any atom is 0.475 e. The fraction of sp³-hybridized carbons (Fsp3) is 0.471. The molecule has 0 spiro atoms. The SMILES string of the molecule is Cc1nc(Cc2ccccc2)nn1CC(=O)N[C@@H](CCCCN)B(O)O. The van der Waals surface area contributed by atoms with Gasteiger partial charge in [0.1, 0.15) is 12.4 Å². The number of hydrogen-bond donors (Lipinski definition) is 4. The zero-order valence-corrected chi connectivity index (χ0v) is 15.0. The van der Waals surface area contributed by atoms with Crippen LogP contribution in [0.3, 0.4) is 0 Å². The molecule has 0 unspecified atom stereocenters. The topological polar surface area (TPSA) is 126 Å². The van der Waals surface area contributed by atoms with Crippen LogP contribution < -0.4 is 11.1 Å². The fourth-order valence-electron chi connectivity index (χ4n) is 2.67. The van der Waals surface area contributed by atoms with E-state index >= 15 is 0 Å². The normalized spacial score (nSPS) is 12.0. The minimum atomic E-state index is -1.61. The average molecular weight is 359 g/mol. The second-order valence-electron chi connectivity index (χ2n) is 6.27. The Labute approximate surface area is 153 Å². The van der Waals surface area contributed by atoms with Gasteiger partial charge >= 0.3 is 7.12 Å². The van der Waals surface area contributed by atoms with Gasteiger partial charge in [0.25, 0.3) is 0 Å². The Morgan fingerprint density at radius 3 is 2.69 bits per heavy atom. The predicted molar refractivity (Wildman–Crippen MR) is 99.0 cm³/mol. The number of aryl methyl sites for hydroxylation is 1. The minimum Gasteiger partial charge on any atom is -0.426 e. The van der Waals surface area contributed by atoms with Crippen LogP contribution in [0, 0.1) is 6.92 Å². The first-order chi connectivity index (χ1) is 12.5. The number of nitrogens with one attached hydrogen (secondary N) is 1. The largest absolute Gasteiger partial charge is 0.475 e. The molecule has 8 nitrogen and oxygen atoms in total. The maximum atomic E-state index is 12.2. The minimum absolute atomic E-state index is 0.0201. The molecule has 1 aromatic carbocycles. The third kappa shape index (κ3) is 6.25. The van der Waals surface area contributed by atoms with Crippen molar-refractivity contribution in [1.29, 1.82) is 0 Å². The van der Waals surface area contributed by atoms with Gasteiger partial charge in [-0.25, -0.2) is 9.67 Å². The summed E-state index contributed by atoms with van der Waals surface area (Å²) in [5.41, 5.74) is 6.53. The molecule has 2 rings (SSSR count). The van der Waals surface area contributed by atoms with Crippen molar-refractivity contribution in [3.8, 4) is 0 Å². The Bertz CT molecular complexity index is 693. The number of carbonyl (C=O) groups is 1. The molecule has 0 radical (unpaired) electrons. The van der Waals surface area contributed by atoms with Crippen molar-refractivity contribution in [3.63, 3.8) is 0 Å². The van der Waals surface area contributed by atoms with Crippen LogP contribution in [0.1, 0.15) is 36.5 Å². The van der Waals surface area contributed by atoms with E-state index in [1.165, 1.54) is 4.68 Å². The molecule has 9 heteroatoms. The lowest BCUT2D eigenvalue weighted by Crippen LogP contribution is -2.47. The van der Waals surface area contributed by atoms with Crippen molar-refractivity contribution in [2.75, 3.05) is 6.54 Å². The summed E-state index contributed by atoms with van der Waals surface area (Å²) in [6, 6.07) is 9.86. The first-order valence-corrected chi connectivity index (χ1v) is 8.79. The highest BCUT2D eigenvalue weighted by atomic mass is 16.4. The van der Waals surface area contributed by atoms with Gasteiger partial charge in [-0.15, -0.1) is 0 Å². The van der Waals surface area contributed by atoms with E-state index in [0.717, 1.165) is 12.0 Å². The fourth-order valence-corrected chi connectivity index (χ4v) is 2.67. The highest BCUT2D eigenvalue weighted by molar-refractivity contribution is 6.43. The van der Waals surface area contributed by atoms with Crippen molar-refractivity contribution >= 4 is 13.0 Å². The van der Waals surface area contributed by atoms with E-state index < -0.39 is 13.1 Å². The number of rotatable bonds is 10. The second-order valence-corrected chi connectivity index (χ2v) is 6.27. The van der Waals surface area contributed by atoms with Crippen LogP contribution >= 0.6 is 0 Å². The van der Waals surface area contributed by atoms with Gasteiger partial charge in [0.05, 0.1) is 5.94 Å². The summed E-state index contributed by atoms with van der Waals surface area (Å²) in [5, 5.41) is 25.9. The summed E-state index contributed by atoms with van der Waals surface area (Å²) in [4.78, 5) is 16.6. The average Bonchev–Trinajstić information content (AvgIpc) is 2.94. The summed E-state index contributed by atoms with van der Waals surface area (Å²) in [7, 11) is -1.61. The predicted octanol–water partition coefficient (Wildman–Crippen LogP) is -0.197. The molecule has 5 N–H and O–H groups in total. The van der Waals surface area contributed by atoms with Gasteiger partial charge in [0.2, 0.25) is 5.91 Å². The van der Waals surface area contributed by atoms with E-state index in [0.29, 0.717) is 37.5 Å². The third-order valence-electron chi connectivity index (χ3n) is 4.07. The van der Waals surface area contributed by atoms with Crippen molar-refractivity contribution in [2.45, 2.75) is 45.1 Å². The first-order valence-electron chi connectivity index (χ1n) is 8.79. The van der Waals surface area contributed by atoms with Gasteiger partial charge in [-0.2, -0.15) is 5.10 Å². The van der Waals surface area contributed by atoms with Crippen LogP contribution in [-0.2, 0) is 17.8 Å². The van der Waals surface area contributed by atoms with Crippen LogP contribution in [0.25, 0.3) is 0 Å². The van der Waals surface area contributed by atoms with Crippen molar-refractivity contribution < 1.29 is 14.8 Å². The third-order valence-corrected chi connectivity index (χ3v) is 4.07. The van der Waals surface area contributed by atoms with Crippen molar-refractivity contribution in [1.82, 2.24) is 20.1 Å². The number of unbranched alkanes of at least 4 members (excludes halogenated alkanes) is 1. The van der Waals surface area contributed by atoms with E-state index in [-0.39, 0.29) is 12.5 Å². The summed E-state index contributed by atoms with van der Waals surface area (Å²) < 4.78 is 1.52. The number of nitrogens with two attached hydrogens (primary N) is 1. The molecule has 26 heavy (non-hydrogen) atoms. The van der Waals surface area contributed by atoms with Gasteiger partial charge in [0.15, 0.2) is 5.82 Å². The zero-order valence-electron chi connectivity index (χ0n) is 15.0. The van der Waals surface area contributed by atoms with Crippen molar-refractivity contribution in [2.24, 2.45) is 5.73 Å². The smallest absolute Gasteiger partial charge is 0.426 e. The molecule has 140 valence electrons. The molecule has 1 atom stereocenters. The number of benzene rings is 1. The summed E-state index contributed by atoms with van der Waals surface area (Å²) in [6.45, 7) is 2.30. The summed E-state index contributed by atoms with van der Waals surface area (Å²) in [6.07, 6.45) is 2.52. The lowest BCUT2D eigenvalue weighted by Gasteiger charge is -2.17. The molecule has 0 bridgehead atoms. The molecule has 2 aromatic rings. The van der Waals surface area contributed by atoms with Crippen LogP contribution in [0.5, 0.6) is 0 Å². The molecule has 0 saturated carbocycles. The van der Waals surface area contributed by atoms with Gasteiger partial charge in [-0.3, -0.25) is 4.79 Å². The quantitative estimate of drug-likeness (QED) is 0.344. The van der Waals surface area contributed by atoms with E-state index in [2.05, 4.69) is 15.4 Å². The van der Waals surface area contributed by atoms with Gasteiger partial charge in [-0.05, 0) is 31.9 Å². The molecule has 1 heterocycles. The Hall–Kier alpha value is -2.23. The molecule has 0 fully saturated rings. The number of nitrogens with zero attached hydrogens (tertiary/aromatic N) is 3. The lowest BCUT2D eigenvalue weighted by molar-refractivity contribution is -0.122. The molecule has 0 aliphatic rings. The number of carbonyl (C=O) groups excluding carboxylic acids is 1. The van der Waals surface area contributed by atoms with E-state index in [1.807, 2.05) is 30.3 Å². The van der Waals surface area contributed by atoms with Crippen LogP contribution in [0.15, 0.2) is 30.3 Å². The molecule has 1 amide bonds. The summed E-state index contributed by atoms with van der Waals surface area (Å²) in [5.74, 6) is 0.218. The standard InChI is InChI=1S/C17H26BN5O3/c1-13-20-16(11-14-7-3-2-4-8-14)22-23(13)12-17(24)21-15(18(25)26)9-5-6-10-19/h2-4,7-8,15,25-26H,5-6,9-12,19H2,1H3,(H,21,24)/t15-/m0/s1. The summed E-state index contributed by atoms with van der Waals surface area (Å²) >= 11 is 0. The molecule has 1 aromatic heterocycles. The molecule has 0 saturated heterocycles. The van der Waals surface area contributed by atoms with Crippen LogP contribution in [-0.4, -0.2) is 50.3 Å². The maximum absolute atomic E-state index is 12.2. The lowest BCUT2D eigenvalue weighted by atomic mass is 9.76. The van der Waals surface area contributed by atoms with E-state index in [4.69, 9.17) is 5.73 Å². The Morgan fingerprint density at radius 2 is 2.04 bits per heavy atom. The Kier molecular flexibility index (Phi) is 7.77. The monoisotopic (exact) mass is 359 g/mol. The van der Waals surface area contributed by atoms with E-state index in [9.17, 15) is 14.8 Å². The van der Waals surface area contributed by atoms with Crippen molar-refractivity contribution in [3.05, 3.63) is 47.5 Å².